The Kier molecular flexibility index (Phi) is 12.5. The van der Waals surface area contributed by atoms with Crippen LogP contribution in [0.15, 0.2) is 0 Å². The summed E-state index contributed by atoms with van der Waals surface area (Å²) in [6, 6.07) is 0. The third-order valence-corrected chi connectivity index (χ3v) is 7.24. The summed E-state index contributed by atoms with van der Waals surface area (Å²) in [6.07, 6.45) is 14.5. The second-order valence-electron chi connectivity index (χ2n) is 11.4. The topological polar surface area (TPSA) is 0 Å². The van der Waals surface area contributed by atoms with E-state index in [2.05, 4.69) is 69.2 Å². The molecule has 0 aromatic carbocycles. The first-order valence-corrected chi connectivity index (χ1v) is 11.9. The van der Waals surface area contributed by atoms with Crippen LogP contribution >= 0.6 is 0 Å². The summed E-state index contributed by atoms with van der Waals surface area (Å²) in [4.78, 5) is 0. The van der Waals surface area contributed by atoms with Gasteiger partial charge in [-0.3, -0.25) is 0 Å². The highest BCUT2D eigenvalue weighted by Crippen LogP contribution is 2.55. The lowest BCUT2D eigenvalue weighted by molar-refractivity contribution is 0.220. The molecule has 0 heteroatoms. The molecule has 0 aromatic heterocycles. The van der Waals surface area contributed by atoms with E-state index in [1.807, 2.05) is 0 Å². The summed E-state index contributed by atoms with van der Waals surface area (Å²) < 4.78 is 0. The molecule has 158 valence electrons. The van der Waals surface area contributed by atoms with Gasteiger partial charge in [-0.1, -0.05) is 108 Å². The zero-order chi connectivity index (χ0) is 20.4. The standard InChI is InChI=1S/C13H26.C13H28/c1-11(2)7-5-6-8-13(9-10-13)12(3)4;1-11(2)9-7-8-10-13(5,6)12(3)4/h11-12H,5-10H2,1-4H3;11-12H,7-10H2,1-6H3. The van der Waals surface area contributed by atoms with Gasteiger partial charge in [-0.25, -0.2) is 0 Å². The van der Waals surface area contributed by atoms with Crippen molar-refractivity contribution in [3.63, 3.8) is 0 Å². The van der Waals surface area contributed by atoms with Crippen LogP contribution in [0.1, 0.15) is 133 Å². The molecule has 0 atom stereocenters. The van der Waals surface area contributed by atoms with E-state index >= 15 is 0 Å². The van der Waals surface area contributed by atoms with E-state index < -0.39 is 0 Å². The minimum atomic E-state index is 0.539. The smallest absolute Gasteiger partial charge is 0.0274 e. The van der Waals surface area contributed by atoms with Crippen molar-refractivity contribution in [3.05, 3.63) is 0 Å². The van der Waals surface area contributed by atoms with Gasteiger partial charge in [-0.05, 0) is 60.2 Å². The molecule has 0 heterocycles. The van der Waals surface area contributed by atoms with E-state index in [1.54, 1.807) is 0 Å². The van der Waals surface area contributed by atoms with Crippen LogP contribution in [0.3, 0.4) is 0 Å². The van der Waals surface area contributed by atoms with Crippen molar-refractivity contribution >= 4 is 0 Å². The van der Waals surface area contributed by atoms with E-state index in [1.165, 1.54) is 64.2 Å². The van der Waals surface area contributed by atoms with Crippen LogP contribution in [0.2, 0.25) is 0 Å². The lowest BCUT2D eigenvalue weighted by atomic mass is 9.77. The molecule has 26 heavy (non-hydrogen) atoms. The lowest BCUT2D eigenvalue weighted by Gasteiger charge is -2.29. The van der Waals surface area contributed by atoms with Crippen molar-refractivity contribution < 1.29 is 0 Å². The molecule has 0 radical (unpaired) electrons. The van der Waals surface area contributed by atoms with Crippen LogP contribution in [-0.2, 0) is 0 Å². The predicted molar refractivity (Wildman–Crippen MR) is 122 cm³/mol. The predicted octanol–water partition coefficient (Wildman–Crippen LogP) is 9.52. The van der Waals surface area contributed by atoms with Gasteiger partial charge in [0.1, 0.15) is 0 Å². The average molecular weight is 367 g/mol. The van der Waals surface area contributed by atoms with E-state index in [9.17, 15) is 0 Å². The molecule has 0 spiro atoms. The molecule has 1 saturated carbocycles. The van der Waals surface area contributed by atoms with Gasteiger partial charge in [0.05, 0.1) is 0 Å². The molecule has 0 aliphatic heterocycles. The van der Waals surface area contributed by atoms with E-state index in [4.69, 9.17) is 0 Å². The number of rotatable bonds is 12. The summed E-state index contributed by atoms with van der Waals surface area (Å²) in [5.41, 5.74) is 1.33. The van der Waals surface area contributed by atoms with E-state index in [0.717, 1.165) is 29.1 Å². The third-order valence-electron chi connectivity index (χ3n) is 7.24. The molecule has 0 N–H and O–H groups in total. The van der Waals surface area contributed by atoms with Crippen molar-refractivity contribution in [1.29, 1.82) is 0 Å². The Bertz CT molecular complexity index is 306. The molecule has 0 amide bonds. The van der Waals surface area contributed by atoms with Gasteiger partial charge in [0.25, 0.3) is 0 Å². The van der Waals surface area contributed by atoms with Gasteiger partial charge in [0.15, 0.2) is 0 Å². The molecular weight excluding hydrogens is 312 g/mol. The minimum Gasteiger partial charge on any atom is -0.0628 e. The van der Waals surface area contributed by atoms with Gasteiger partial charge in [0.2, 0.25) is 0 Å². The van der Waals surface area contributed by atoms with Crippen LogP contribution in [0, 0.1) is 34.5 Å². The van der Waals surface area contributed by atoms with Crippen LogP contribution in [0.25, 0.3) is 0 Å². The maximum atomic E-state index is 2.40. The second kappa shape index (κ2) is 12.5. The molecule has 0 unspecified atom stereocenters. The fourth-order valence-electron chi connectivity index (χ4n) is 3.73. The Morgan fingerprint density at radius 3 is 1.50 bits per heavy atom. The number of hydrogen-bond acceptors (Lipinski definition) is 0. The summed E-state index contributed by atoms with van der Waals surface area (Å²) in [5.74, 6) is 3.51. The number of hydrogen-bond donors (Lipinski definition) is 0. The fourth-order valence-corrected chi connectivity index (χ4v) is 3.73. The summed E-state index contributed by atoms with van der Waals surface area (Å²) in [6.45, 7) is 23.5. The van der Waals surface area contributed by atoms with Gasteiger partial charge >= 0.3 is 0 Å². The Labute approximate surface area is 168 Å². The Hall–Kier alpha value is 0. The Morgan fingerprint density at radius 2 is 1.15 bits per heavy atom. The molecule has 0 bridgehead atoms. The Morgan fingerprint density at radius 1 is 0.692 bits per heavy atom. The summed E-state index contributed by atoms with van der Waals surface area (Å²) in [7, 11) is 0. The van der Waals surface area contributed by atoms with E-state index in [-0.39, 0.29) is 0 Å². The van der Waals surface area contributed by atoms with Crippen molar-refractivity contribution in [2.24, 2.45) is 34.5 Å². The van der Waals surface area contributed by atoms with Crippen LogP contribution in [0.5, 0.6) is 0 Å². The molecular formula is C26H54. The molecule has 1 fully saturated rings. The molecule has 1 aliphatic carbocycles. The van der Waals surface area contributed by atoms with Crippen LogP contribution < -0.4 is 0 Å². The maximum Gasteiger partial charge on any atom is -0.0274 e. The first-order valence-electron chi connectivity index (χ1n) is 11.9. The fraction of sp³-hybridized carbons (Fsp3) is 1.00. The molecule has 0 saturated heterocycles. The highest BCUT2D eigenvalue weighted by Gasteiger charge is 2.44. The maximum absolute atomic E-state index is 2.40. The largest absolute Gasteiger partial charge is 0.0628 e. The zero-order valence-corrected chi connectivity index (χ0v) is 20.4. The Balaban J connectivity index is 0.000000481. The highest BCUT2D eigenvalue weighted by molar-refractivity contribution is 4.94. The monoisotopic (exact) mass is 366 g/mol. The highest BCUT2D eigenvalue weighted by atomic mass is 14.5. The van der Waals surface area contributed by atoms with Crippen molar-refractivity contribution in [3.8, 4) is 0 Å². The van der Waals surface area contributed by atoms with E-state index in [0.29, 0.717) is 5.41 Å². The lowest BCUT2D eigenvalue weighted by Crippen LogP contribution is -2.18. The van der Waals surface area contributed by atoms with Gasteiger partial charge in [-0.15, -0.1) is 0 Å². The molecule has 0 nitrogen and oxygen atoms in total. The zero-order valence-electron chi connectivity index (χ0n) is 20.4. The van der Waals surface area contributed by atoms with Crippen molar-refractivity contribution in [1.82, 2.24) is 0 Å². The average Bonchev–Trinajstić information content (AvgIpc) is 3.30. The SMILES string of the molecule is CC(C)CCCCC(C)(C)C(C)C.CC(C)CCCCC1(C(C)C)CC1. The molecule has 0 aromatic rings. The normalized spacial score (nSPS) is 16.4. The summed E-state index contributed by atoms with van der Waals surface area (Å²) in [5, 5.41) is 0. The van der Waals surface area contributed by atoms with Crippen molar-refractivity contribution in [2.45, 2.75) is 133 Å². The van der Waals surface area contributed by atoms with Gasteiger partial charge in [-0.2, -0.15) is 0 Å². The first-order chi connectivity index (χ1) is 11.9. The van der Waals surface area contributed by atoms with Gasteiger partial charge in [0, 0.05) is 0 Å². The van der Waals surface area contributed by atoms with Gasteiger partial charge < -0.3 is 0 Å². The first kappa shape index (κ1) is 26.0. The summed E-state index contributed by atoms with van der Waals surface area (Å²) >= 11 is 0. The van der Waals surface area contributed by atoms with Crippen molar-refractivity contribution in [2.75, 3.05) is 0 Å². The quantitative estimate of drug-likeness (QED) is 0.301. The second-order valence-corrected chi connectivity index (χ2v) is 11.4. The van der Waals surface area contributed by atoms with Crippen LogP contribution in [0.4, 0.5) is 0 Å². The minimum absolute atomic E-state index is 0.539. The molecule has 1 rings (SSSR count). The number of unbranched alkanes of at least 4 members (excludes halogenated alkanes) is 2. The van der Waals surface area contributed by atoms with Crippen LogP contribution in [-0.4, -0.2) is 0 Å². The molecule has 1 aliphatic rings. The third kappa shape index (κ3) is 11.7.